The van der Waals surface area contributed by atoms with Gasteiger partial charge in [-0.2, -0.15) is 0 Å². The van der Waals surface area contributed by atoms with Crippen LogP contribution in [-0.4, -0.2) is 11.7 Å². The van der Waals surface area contributed by atoms with Gasteiger partial charge in [-0.1, -0.05) is 19.8 Å². The number of unbranched alkanes of at least 4 members (excludes halogenated alkanes) is 1. The average molecular weight is 158 g/mol. The summed E-state index contributed by atoms with van der Waals surface area (Å²) in [4.78, 5) is 0. The molecule has 0 amide bonds. The maximum Gasteiger partial charge on any atom is 0.0602 e. The van der Waals surface area contributed by atoms with Crippen LogP contribution < -0.4 is 0 Å². The molecule has 11 heavy (non-hydrogen) atoms. The molecule has 1 heteroatoms. The summed E-state index contributed by atoms with van der Waals surface area (Å²) in [5.41, 5.74) is 0.0210. The van der Waals surface area contributed by atoms with Crippen LogP contribution in [0.5, 0.6) is 0 Å². The van der Waals surface area contributed by atoms with Crippen LogP contribution in [-0.2, 0) is 4.74 Å². The average Bonchev–Trinajstić information content (AvgIpc) is 1.79. The maximum atomic E-state index is 5.74. The first-order valence-corrected chi connectivity index (χ1v) is 4.63. The van der Waals surface area contributed by atoms with Crippen LogP contribution in [0, 0.1) is 0 Å². The molecule has 0 saturated heterocycles. The van der Waals surface area contributed by atoms with E-state index in [1.807, 2.05) is 0 Å². The molecule has 0 aromatic heterocycles. The van der Waals surface area contributed by atoms with Gasteiger partial charge in [0.05, 0.1) is 11.7 Å². The van der Waals surface area contributed by atoms with Crippen molar-refractivity contribution in [1.82, 2.24) is 0 Å². The molecule has 0 N–H and O–H groups in total. The van der Waals surface area contributed by atoms with Crippen molar-refractivity contribution in [1.29, 1.82) is 0 Å². The molecule has 68 valence electrons. The molecule has 0 aromatic carbocycles. The van der Waals surface area contributed by atoms with Crippen LogP contribution >= 0.6 is 0 Å². The van der Waals surface area contributed by atoms with Gasteiger partial charge in [0.15, 0.2) is 0 Å². The zero-order valence-electron chi connectivity index (χ0n) is 8.61. The molecule has 0 bridgehead atoms. The van der Waals surface area contributed by atoms with E-state index in [2.05, 4.69) is 34.6 Å². The summed E-state index contributed by atoms with van der Waals surface area (Å²) >= 11 is 0. The third-order valence-corrected chi connectivity index (χ3v) is 1.52. The Morgan fingerprint density at radius 3 is 2.18 bits per heavy atom. The number of rotatable bonds is 4. The molecule has 0 heterocycles. The van der Waals surface area contributed by atoms with Gasteiger partial charge >= 0.3 is 0 Å². The molecule has 1 unspecified atom stereocenters. The molecule has 0 fully saturated rings. The Hall–Kier alpha value is -0.0400. The highest BCUT2D eigenvalue weighted by atomic mass is 16.5. The van der Waals surface area contributed by atoms with E-state index in [4.69, 9.17) is 4.74 Å². The molecule has 1 nitrogen and oxygen atoms in total. The van der Waals surface area contributed by atoms with Crippen molar-refractivity contribution >= 4 is 0 Å². The van der Waals surface area contributed by atoms with E-state index in [1.165, 1.54) is 19.3 Å². The zero-order chi connectivity index (χ0) is 8.91. The smallest absolute Gasteiger partial charge is 0.0602 e. The number of hydrogen-bond donors (Lipinski definition) is 0. The van der Waals surface area contributed by atoms with Gasteiger partial charge in [-0.25, -0.2) is 0 Å². The Bertz CT molecular complexity index is 91.5. The lowest BCUT2D eigenvalue weighted by atomic mass is 10.1. The second-order valence-corrected chi connectivity index (χ2v) is 4.18. The third kappa shape index (κ3) is 7.86. The first kappa shape index (κ1) is 11.0. The van der Waals surface area contributed by atoms with Crippen molar-refractivity contribution in [3.05, 3.63) is 0 Å². The van der Waals surface area contributed by atoms with Gasteiger partial charge in [0.1, 0.15) is 0 Å². The highest BCUT2D eigenvalue weighted by Crippen LogP contribution is 2.14. The van der Waals surface area contributed by atoms with Crippen molar-refractivity contribution in [2.75, 3.05) is 0 Å². The van der Waals surface area contributed by atoms with E-state index in [0.717, 1.165) is 0 Å². The van der Waals surface area contributed by atoms with Crippen molar-refractivity contribution in [3.8, 4) is 0 Å². The normalized spacial score (nSPS) is 15.0. The first-order valence-electron chi connectivity index (χ1n) is 4.63. The summed E-state index contributed by atoms with van der Waals surface area (Å²) in [5, 5.41) is 0. The van der Waals surface area contributed by atoms with Crippen molar-refractivity contribution in [3.63, 3.8) is 0 Å². The van der Waals surface area contributed by atoms with E-state index < -0.39 is 0 Å². The molecule has 0 aliphatic heterocycles. The summed E-state index contributed by atoms with van der Waals surface area (Å²) in [6, 6.07) is 0. The Balaban J connectivity index is 3.44. The van der Waals surface area contributed by atoms with Crippen LogP contribution in [0.3, 0.4) is 0 Å². The Morgan fingerprint density at radius 2 is 1.82 bits per heavy atom. The molecular weight excluding hydrogens is 136 g/mol. The molecule has 0 aromatic rings. The molecule has 0 aliphatic rings. The monoisotopic (exact) mass is 158 g/mol. The lowest BCUT2D eigenvalue weighted by molar-refractivity contribution is -0.0548. The minimum Gasteiger partial charge on any atom is -0.373 e. The van der Waals surface area contributed by atoms with Crippen molar-refractivity contribution < 1.29 is 4.74 Å². The summed E-state index contributed by atoms with van der Waals surface area (Å²) < 4.78 is 5.74. The van der Waals surface area contributed by atoms with Gasteiger partial charge in [0.2, 0.25) is 0 Å². The summed E-state index contributed by atoms with van der Waals surface area (Å²) in [6.07, 6.45) is 4.14. The van der Waals surface area contributed by atoms with E-state index >= 15 is 0 Å². The van der Waals surface area contributed by atoms with Gasteiger partial charge in [-0.05, 0) is 34.1 Å². The largest absolute Gasteiger partial charge is 0.373 e. The van der Waals surface area contributed by atoms with Crippen molar-refractivity contribution in [2.24, 2.45) is 0 Å². The van der Waals surface area contributed by atoms with Gasteiger partial charge in [0, 0.05) is 0 Å². The molecule has 0 aliphatic carbocycles. The Kier molecular flexibility index (Phi) is 4.74. The van der Waals surface area contributed by atoms with Crippen LogP contribution in [0.1, 0.15) is 53.9 Å². The lowest BCUT2D eigenvalue weighted by Gasteiger charge is -2.24. The van der Waals surface area contributed by atoms with Crippen LogP contribution in [0.4, 0.5) is 0 Å². The first-order chi connectivity index (χ1) is 4.95. The van der Waals surface area contributed by atoms with Crippen molar-refractivity contribution in [2.45, 2.75) is 65.6 Å². The summed E-state index contributed by atoms with van der Waals surface area (Å²) in [7, 11) is 0. The maximum absolute atomic E-state index is 5.74. The van der Waals surface area contributed by atoms with Gasteiger partial charge < -0.3 is 4.74 Å². The summed E-state index contributed by atoms with van der Waals surface area (Å²) in [5.74, 6) is 0. The fourth-order valence-electron chi connectivity index (χ4n) is 1.15. The fraction of sp³-hybridized carbons (Fsp3) is 1.00. The topological polar surface area (TPSA) is 9.23 Å². The van der Waals surface area contributed by atoms with Crippen LogP contribution in [0.15, 0.2) is 0 Å². The Morgan fingerprint density at radius 1 is 1.27 bits per heavy atom. The standard InChI is InChI=1S/C10H22O/c1-6-7-8-9(2)11-10(3,4)5/h9H,6-8H2,1-5H3. The molecule has 0 saturated carbocycles. The number of hydrogen-bond acceptors (Lipinski definition) is 1. The zero-order valence-corrected chi connectivity index (χ0v) is 8.61. The van der Waals surface area contributed by atoms with E-state index in [9.17, 15) is 0 Å². The predicted molar refractivity (Wildman–Crippen MR) is 49.8 cm³/mol. The van der Waals surface area contributed by atoms with Gasteiger partial charge in [-0.3, -0.25) is 0 Å². The molecule has 1 atom stereocenters. The SMILES string of the molecule is CCCCC(C)OC(C)(C)C. The molecule has 0 radical (unpaired) electrons. The molecule has 0 spiro atoms. The minimum absolute atomic E-state index is 0.0210. The Labute approximate surface area is 71.1 Å². The number of ether oxygens (including phenoxy) is 1. The van der Waals surface area contributed by atoms with Gasteiger partial charge in [0.25, 0.3) is 0 Å². The van der Waals surface area contributed by atoms with Crippen LogP contribution in [0.25, 0.3) is 0 Å². The van der Waals surface area contributed by atoms with E-state index in [0.29, 0.717) is 6.10 Å². The highest BCUT2D eigenvalue weighted by Gasteiger charge is 2.13. The van der Waals surface area contributed by atoms with E-state index in [-0.39, 0.29) is 5.60 Å². The lowest BCUT2D eigenvalue weighted by Crippen LogP contribution is -2.25. The fourth-order valence-corrected chi connectivity index (χ4v) is 1.15. The predicted octanol–water partition coefficient (Wildman–Crippen LogP) is 3.38. The molecule has 0 rings (SSSR count). The molecular formula is C10H22O. The quantitative estimate of drug-likeness (QED) is 0.609. The second kappa shape index (κ2) is 4.76. The second-order valence-electron chi connectivity index (χ2n) is 4.18. The van der Waals surface area contributed by atoms with Gasteiger partial charge in [-0.15, -0.1) is 0 Å². The van der Waals surface area contributed by atoms with Crippen LogP contribution in [0.2, 0.25) is 0 Å². The third-order valence-electron chi connectivity index (χ3n) is 1.52. The highest BCUT2D eigenvalue weighted by molar-refractivity contribution is 4.62. The van der Waals surface area contributed by atoms with E-state index in [1.54, 1.807) is 0 Å². The minimum atomic E-state index is 0.0210. The summed E-state index contributed by atoms with van der Waals surface area (Å²) in [6.45, 7) is 10.7.